The van der Waals surface area contributed by atoms with E-state index in [9.17, 15) is 4.79 Å². The van der Waals surface area contributed by atoms with Crippen LogP contribution in [0, 0.1) is 6.92 Å². The standard InChI is InChI=1S/C26H28N10O2/c1-18-3-2-4-20(31-18)24-28-9-7-22(33-24)32-23-8-10-29-26(35-23)34-21-6-5-19(17-30-21)25(37)38-16-15-36-13-11-27-12-14-36/h2-10,17,27H,11-16H2,1H3,(H2,28,29,30,32,33,34,35). The summed E-state index contributed by atoms with van der Waals surface area (Å²) in [6.45, 7) is 6.84. The van der Waals surface area contributed by atoms with Crippen molar-refractivity contribution in [2.24, 2.45) is 0 Å². The van der Waals surface area contributed by atoms with Gasteiger partial charge in [-0.25, -0.2) is 29.7 Å². The first-order valence-electron chi connectivity index (χ1n) is 12.3. The van der Waals surface area contributed by atoms with Gasteiger partial charge in [-0.05, 0) is 43.3 Å². The van der Waals surface area contributed by atoms with Crippen LogP contribution in [0.15, 0.2) is 61.1 Å². The van der Waals surface area contributed by atoms with Crippen LogP contribution in [0.3, 0.4) is 0 Å². The molecule has 0 atom stereocenters. The first kappa shape index (κ1) is 25.1. The topological polar surface area (TPSA) is 143 Å². The van der Waals surface area contributed by atoms with Crippen LogP contribution in [-0.4, -0.2) is 80.1 Å². The van der Waals surface area contributed by atoms with Gasteiger partial charge in [0.1, 0.15) is 29.8 Å². The lowest BCUT2D eigenvalue weighted by Crippen LogP contribution is -2.44. The second-order valence-electron chi connectivity index (χ2n) is 8.60. The highest BCUT2D eigenvalue weighted by Crippen LogP contribution is 2.18. The average molecular weight is 513 g/mol. The molecule has 0 aliphatic carbocycles. The molecule has 12 heteroatoms. The molecule has 5 rings (SSSR count). The molecule has 0 bridgehead atoms. The Morgan fingerprint density at radius 1 is 0.921 bits per heavy atom. The average Bonchev–Trinajstić information content (AvgIpc) is 2.94. The van der Waals surface area contributed by atoms with Gasteiger partial charge in [-0.2, -0.15) is 4.98 Å². The highest BCUT2D eigenvalue weighted by molar-refractivity contribution is 5.89. The zero-order valence-electron chi connectivity index (χ0n) is 21.0. The number of rotatable bonds is 9. The van der Waals surface area contributed by atoms with Crippen molar-refractivity contribution in [3.8, 4) is 11.5 Å². The van der Waals surface area contributed by atoms with Crippen LogP contribution in [0.4, 0.5) is 23.4 Å². The highest BCUT2D eigenvalue weighted by Gasteiger charge is 2.12. The summed E-state index contributed by atoms with van der Waals surface area (Å²) < 4.78 is 5.40. The molecule has 4 aromatic heterocycles. The van der Waals surface area contributed by atoms with Crippen molar-refractivity contribution in [3.05, 3.63) is 72.3 Å². The van der Waals surface area contributed by atoms with E-state index in [1.807, 2.05) is 25.1 Å². The van der Waals surface area contributed by atoms with Gasteiger partial charge in [-0.1, -0.05) is 6.07 Å². The van der Waals surface area contributed by atoms with E-state index in [0.717, 1.165) is 38.4 Å². The van der Waals surface area contributed by atoms with Crippen molar-refractivity contribution in [2.45, 2.75) is 6.92 Å². The number of esters is 1. The number of nitrogens with zero attached hydrogens (tertiary/aromatic N) is 7. The summed E-state index contributed by atoms with van der Waals surface area (Å²) in [5.74, 6) is 2.05. The predicted octanol–water partition coefficient (Wildman–Crippen LogP) is 2.58. The molecule has 4 aromatic rings. The van der Waals surface area contributed by atoms with Crippen molar-refractivity contribution < 1.29 is 9.53 Å². The lowest BCUT2D eigenvalue weighted by molar-refractivity contribution is 0.0455. The Labute approximate surface area is 220 Å². The molecule has 0 amide bonds. The van der Waals surface area contributed by atoms with Gasteiger partial charge in [-0.3, -0.25) is 4.90 Å². The third-order valence-corrected chi connectivity index (χ3v) is 5.77. The second-order valence-corrected chi connectivity index (χ2v) is 8.60. The number of aryl methyl sites for hydroxylation is 1. The number of anilines is 4. The molecule has 0 aromatic carbocycles. The minimum atomic E-state index is -0.397. The van der Waals surface area contributed by atoms with E-state index in [1.165, 1.54) is 6.20 Å². The van der Waals surface area contributed by atoms with Gasteiger partial charge >= 0.3 is 5.97 Å². The maximum Gasteiger partial charge on any atom is 0.339 e. The van der Waals surface area contributed by atoms with Crippen molar-refractivity contribution in [1.29, 1.82) is 0 Å². The molecule has 1 saturated heterocycles. The van der Waals surface area contributed by atoms with Gasteiger partial charge in [0.15, 0.2) is 5.82 Å². The minimum Gasteiger partial charge on any atom is -0.461 e. The molecule has 0 saturated carbocycles. The molecule has 0 radical (unpaired) electrons. The van der Waals surface area contributed by atoms with Crippen LogP contribution in [0.1, 0.15) is 16.1 Å². The summed E-state index contributed by atoms with van der Waals surface area (Å²) >= 11 is 0. The summed E-state index contributed by atoms with van der Waals surface area (Å²) in [5.41, 5.74) is 1.96. The largest absolute Gasteiger partial charge is 0.461 e. The summed E-state index contributed by atoms with van der Waals surface area (Å²) in [6.07, 6.45) is 4.75. The summed E-state index contributed by atoms with van der Waals surface area (Å²) in [6, 6.07) is 12.5. The zero-order chi connectivity index (χ0) is 26.2. The second kappa shape index (κ2) is 12.1. The Kier molecular flexibility index (Phi) is 8.01. The fraction of sp³-hybridized carbons (Fsp3) is 0.269. The number of nitrogens with one attached hydrogen (secondary N) is 3. The number of hydrogen-bond acceptors (Lipinski definition) is 12. The van der Waals surface area contributed by atoms with Crippen LogP contribution in [0.5, 0.6) is 0 Å². The number of aromatic nitrogens is 6. The van der Waals surface area contributed by atoms with Crippen LogP contribution >= 0.6 is 0 Å². The van der Waals surface area contributed by atoms with Gasteiger partial charge in [0, 0.05) is 57.0 Å². The van der Waals surface area contributed by atoms with E-state index >= 15 is 0 Å². The molecule has 0 unspecified atom stereocenters. The van der Waals surface area contributed by atoms with E-state index in [0.29, 0.717) is 47.1 Å². The van der Waals surface area contributed by atoms with Gasteiger partial charge in [-0.15, -0.1) is 0 Å². The summed E-state index contributed by atoms with van der Waals surface area (Å²) in [4.78, 5) is 41.0. The Morgan fingerprint density at radius 2 is 1.74 bits per heavy atom. The smallest absolute Gasteiger partial charge is 0.339 e. The fourth-order valence-electron chi connectivity index (χ4n) is 3.83. The van der Waals surface area contributed by atoms with Crippen LogP contribution in [0.2, 0.25) is 0 Å². The van der Waals surface area contributed by atoms with E-state index in [2.05, 4.69) is 50.8 Å². The van der Waals surface area contributed by atoms with Gasteiger partial charge in [0.25, 0.3) is 0 Å². The number of piperazine rings is 1. The third kappa shape index (κ3) is 6.81. The molecular formula is C26H28N10O2. The lowest BCUT2D eigenvalue weighted by atomic mass is 10.3. The number of pyridine rings is 2. The molecular weight excluding hydrogens is 484 g/mol. The van der Waals surface area contributed by atoms with Crippen molar-refractivity contribution in [2.75, 3.05) is 50.0 Å². The summed E-state index contributed by atoms with van der Waals surface area (Å²) in [7, 11) is 0. The van der Waals surface area contributed by atoms with Gasteiger partial charge in [0.2, 0.25) is 5.95 Å². The molecule has 3 N–H and O–H groups in total. The molecule has 194 valence electrons. The molecule has 0 spiro atoms. The van der Waals surface area contributed by atoms with E-state index in [-0.39, 0.29) is 0 Å². The maximum atomic E-state index is 12.3. The maximum absolute atomic E-state index is 12.3. The number of carbonyl (C=O) groups excluding carboxylic acids is 1. The Balaban J connectivity index is 1.17. The predicted molar refractivity (Wildman–Crippen MR) is 142 cm³/mol. The molecule has 1 aliphatic rings. The number of ether oxygens (including phenoxy) is 1. The van der Waals surface area contributed by atoms with Gasteiger partial charge < -0.3 is 20.7 Å². The third-order valence-electron chi connectivity index (χ3n) is 5.77. The van der Waals surface area contributed by atoms with Crippen molar-refractivity contribution in [1.82, 2.24) is 40.1 Å². The van der Waals surface area contributed by atoms with Crippen LogP contribution in [-0.2, 0) is 4.74 Å². The fourth-order valence-corrected chi connectivity index (χ4v) is 3.83. The number of hydrogen-bond donors (Lipinski definition) is 3. The minimum absolute atomic E-state index is 0.337. The van der Waals surface area contributed by atoms with Crippen LogP contribution < -0.4 is 16.0 Å². The monoisotopic (exact) mass is 512 g/mol. The van der Waals surface area contributed by atoms with E-state index in [1.54, 1.807) is 36.7 Å². The molecule has 38 heavy (non-hydrogen) atoms. The Morgan fingerprint density at radius 3 is 2.53 bits per heavy atom. The first-order valence-corrected chi connectivity index (χ1v) is 12.3. The molecule has 1 aliphatic heterocycles. The van der Waals surface area contributed by atoms with Crippen molar-refractivity contribution in [3.63, 3.8) is 0 Å². The summed E-state index contributed by atoms with van der Waals surface area (Å²) in [5, 5.41) is 9.51. The zero-order valence-corrected chi connectivity index (χ0v) is 21.0. The quantitative estimate of drug-likeness (QED) is 0.284. The van der Waals surface area contributed by atoms with Crippen LogP contribution in [0.25, 0.3) is 11.5 Å². The SMILES string of the molecule is Cc1cccc(-c2nccc(Nc3ccnc(Nc4ccc(C(=O)OCCN5CCNCC5)cn4)n3)n2)n1. The molecule has 12 nitrogen and oxygen atoms in total. The normalized spacial score (nSPS) is 13.6. The molecule has 5 heterocycles. The first-order chi connectivity index (χ1) is 18.6. The Hall–Kier alpha value is -4.55. The number of carbonyl (C=O) groups is 1. The van der Waals surface area contributed by atoms with Gasteiger partial charge in [0.05, 0.1) is 5.56 Å². The lowest BCUT2D eigenvalue weighted by Gasteiger charge is -2.26. The van der Waals surface area contributed by atoms with E-state index in [4.69, 9.17) is 4.74 Å². The Bertz CT molecular complexity index is 1380. The molecule has 1 fully saturated rings. The highest BCUT2D eigenvalue weighted by atomic mass is 16.5. The van der Waals surface area contributed by atoms with E-state index < -0.39 is 5.97 Å². The van der Waals surface area contributed by atoms with Crippen molar-refractivity contribution >= 4 is 29.4 Å².